The van der Waals surface area contributed by atoms with Crippen LogP contribution in [0, 0.1) is 13.8 Å². The van der Waals surface area contributed by atoms with Gasteiger partial charge in [-0.3, -0.25) is 4.40 Å². The topological polar surface area (TPSA) is 29.3 Å². The summed E-state index contributed by atoms with van der Waals surface area (Å²) >= 11 is 11.2. The second-order valence-corrected chi connectivity index (χ2v) is 6.74. The van der Waals surface area contributed by atoms with Crippen molar-refractivity contribution in [3.8, 4) is 0 Å². The smallest absolute Gasteiger partial charge is 0.194 e. The fraction of sp³-hybridized carbons (Fsp3) is 0.214. The highest BCUT2D eigenvalue weighted by atomic mass is 79.9. The van der Waals surface area contributed by atoms with Gasteiger partial charge >= 0.3 is 0 Å². The van der Waals surface area contributed by atoms with Gasteiger partial charge < -0.3 is 5.32 Å². The first-order valence-corrected chi connectivity index (χ1v) is 8.22. The van der Waals surface area contributed by atoms with E-state index in [4.69, 9.17) is 11.6 Å². The van der Waals surface area contributed by atoms with Gasteiger partial charge in [0.2, 0.25) is 0 Å². The molecule has 0 fully saturated rings. The lowest BCUT2D eigenvalue weighted by Crippen LogP contribution is -2.05. The van der Waals surface area contributed by atoms with Crippen molar-refractivity contribution in [3.63, 3.8) is 0 Å². The van der Waals surface area contributed by atoms with Crippen molar-refractivity contribution >= 4 is 49.5 Å². The third kappa shape index (κ3) is 2.45. The number of nitrogens with zero attached hydrogens (tertiary/aromatic N) is 2. The summed E-state index contributed by atoms with van der Waals surface area (Å²) in [6.07, 6.45) is 0. The van der Waals surface area contributed by atoms with Gasteiger partial charge in [0.1, 0.15) is 0 Å². The number of thiazole rings is 1. The normalized spacial score (nSPS) is 11.2. The zero-order valence-electron chi connectivity index (χ0n) is 11.1. The van der Waals surface area contributed by atoms with Gasteiger partial charge in [0, 0.05) is 20.6 Å². The van der Waals surface area contributed by atoms with E-state index in [9.17, 15) is 0 Å². The van der Waals surface area contributed by atoms with Gasteiger partial charge in [-0.25, -0.2) is 4.98 Å². The number of hydrogen-bond donors (Lipinski definition) is 1. The molecule has 0 unspecified atom stereocenters. The van der Waals surface area contributed by atoms with E-state index < -0.39 is 0 Å². The number of fused-ring (bicyclic) bond motifs is 1. The minimum atomic E-state index is 0.712. The largest absolute Gasteiger partial charge is 0.378 e. The number of rotatable bonds is 3. The maximum Gasteiger partial charge on any atom is 0.194 e. The summed E-state index contributed by atoms with van der Waals surface area (Å²) in [5.41, 5.74) is 4.45. The molecule has 20 heavy (non-hydrogen) atoms. The highest BCUT2D eigenvalue weighted by Crippen LogP contribution is 2.27. The van der Waals surface area contributed by atoms with Crippen LogP contribution in [0.3, 0.4) is 0 Å². The van der Waals surface area contributed by atoms with Crippen molar-refractivity contribution in [2.75, 3.05) is 5.32 Å². The van der Waals surface area contributed by atoms with Crippen molar-refractivity contribution in [2.24, 2.45) is 0 Å². The van der Waals surface area contributed by atoms with Crippen LogP contribution in [-0.4, -0.2) is 9.38 Å². The molecule has 0 radical (unpaired) electrons. The van der Waals surface area contributed by atoms with Gasteiger partial charge in [0.25, 0.3) is 0 Å². The predicted molar refractivity (Wildman–Crippen MR) is 89.0 cm³/mol. The monoisotopic (exact) mass is 369 g/mol. The molecule has 3 aromatic rings. The van der Waals surface area contributed by atoms with Gasteiger partial charge in [-0.1, -0.05) is 11.6 Å². The molecule has 2 aromatic heterocycles. The summed E-state index contributed by atoms with van der Waals surface area (Å²) in [5.74, 6) is 0. The fourth-order valence-electron chi connectivity index (χ4n) is 2.19. The number of nitrogens with one attached hydrogen (secondary N) is 1. The second-order valence-electron chi connectivity index (χ2n) is 4.62. The van der Waals surface area contributed by atoms with E-state index in [0.29, 0.717) is 6.54 Å². The second kappa shape index (κ2) is 5.39. The van der Waals surface area contributed by atoms with E-state index >= 15 is 0 Å². The highest BCUT2D eigenvalue weighted by molar-refractivity contribution is 9.10. The average molecular weight is 371 g/mol. The molecule has 2 heterocycles. The number of imidazole rings is 1. The van der Waals surface area contributed by atoms with Crippen molar-refractivity contribution < 1.29 is 0 Å². The molecule has 1 N–H and O–H groups in total. The van der Waals surface area contributed by atoms with Crippen molar-refractivity contribution in [1.82, 2.24) is 9.38 Å². The summed E-state index contributed by atoms with van der Waals surface area (Å²) < 4.78 is 3.20. The summed E-state index contributed by atoms with van der Waals surface area (Å²) in [5, 5.41) is 6.26. The lowest BCUT2D eigenvalue weighted by atomic mass is 10.3. The van der Waals surface area contributed by atoms with Crippen LogP contribution >= 0.6 is 38.9 Å². The number of hydrogen-bond acceptors (Lipinski definition) is 3. The first-order valence-electron chi connectivity index (χ1n) is 6.17. The summed E-state index contributed by atoms with van der Waals surface area (Å²) in [6.45, 7) is 4.86. The SMILES string of the molecule is Cc1nc2scc(C)n2c1CNc1cc(Cl)ccc1Br. The van der Waals surface area contributed by atoms with E-state index in [2.05, 4.69) is 42.9 Å². The standard InChI is InChI=1S/C14H13BrClN3S/c1-8-7-20-14-18-9(2)13(19(8)14)6-17-12-5-10(16)3-4-11(12)15/h3-5,7,17H,6H2,1-2H3. The van der Waals surface area contributed by atoms with Crippen molar-refractivity contribution in [1.29, 1.82) is 0 Å². The van der Waals surface area contributed by atoms with Crippen LogP contribution in [0.5, 0.6) is 0 Å². The molecule has 0 aliphatic heterocycles. The Bertz CT molecular complexity index is 778. The molecular weight excluding hydrogens is 358 g/mol. The van der Waals surface area contributed by atoms with E-state index in [1.165, 1.54) is 11.4 Å². The van der Waals surface area contributed by atoms with Crippen LogP contribution in [0.15, 0.2) is 28.1 Å². The lowest BCUT2D eigenvalue weighted by molar-refractivity contribution is 0.965. The number of anilines is 1. The molecule has 6 heteroatoms. The molecule has 104 valence electrons. The first-order chi connectivity index (χ1) is 9.56. The maximum absolute atomic E-state index is 6.03. The Kier molecular flexibility index (Phi) is 3.75. The average Bonchev–Trinajstić information content (AvgIpc) is 2.91. The van der Waals surface area contributed by atoms with Crippen molar-refractivity contribution in [2.45, 2.75) is 20.4 Å². The fourth-order valence-corrected chi connectivity index (χ4v) is 3.68. The number of aryl methyl sites for hydroxylation is 2. The summed E-state index contributed by atoms with van der Waals surface area (Å²) in [4.78, 5) is 5.63. The van der Waals surface area contributed by atoms with Gasteiger partial charge in [-0.15, -0.1) is 11.3 Å². The molecule has 1 aromatic carbocycles. The van der Waals surface area contributed by atoms with E-state index in [-0.39, 0.29) is 0 Å². The van der Waals surface area contributed by atoms with Crippen LogP contribution in [0.1, 0.15) is 17.1 Å². The minimum Gasteiger partial charge on any atom is -0.378 e. The van der Waals surface area contributed by atoms with Gasteiger partial charge in [-0.2, -0.15) is 0 Å². The Morgan fingerprint density at radius 2 is 2.20 bits per heavy atom. The molecule has 0 saturated heterocycles. The highest BCUT2D eigenvalue weighted by Gasteiger charge is 2.12. The Hall–Kier alpha value is -1.04. The molecule has 0 aliphatic rings. The molecule has 0 aliphatic carbocycles. The molecule has 0 amide bonds. The molecule has 0 saturated carbocycles. The van der Waals surface area contributed by atoms with Crippen molar-refractivity contribution in [3.05, 3.63) is 50.2 Å². The third-order valence-corrected chi connectivity index (χ3v) is 5.07. The Morgan fingerprint density at radius 1 is 1.40 bits per heavy atom. The Morgan fingerprint density at radius 3 is 3.00 bits per heavy atom. The zero-order valence-corrected chi connectivity index (χ0v) is 14.2. The van der Waals surface area contributed by atoms with E-state index in [0.717, 1.165) is 25.8 Å². The Balaban J connectivity index is 1.92. The Labute approximate surface area is 134 Å². The van der Waals surface area contributed by atoms with E-state index in [1.807, 2.05) is 25.1 Å². The number of aromatic nitrogens is 2. The van der Waals surface area contributed by atoms with E-state index in [1.54, 1.807) is 11.3 Å². The molecule has 3 rings (SSSR count). The van der Waals surface area contributed by atoms with Crippen LogP contribution < -0.4 is 5.32 Å². The molecule has 0 spiro atoms. The first kappa shape index (κ1) is 13.9. The molecule has 0 bridgehead atoms. The molecule has 0 atom stereocenters. The molecule has 3 nitrogen and oxygen atoms in total. The summed E-state index contributed by atoms with van der Waals surface area (Å²) in [7, 11) is 0. The quantitative estimate of drug-likeness (QED) is 0.700. The predicted octanol–water partition coefficient (Wildman–Crippen LogP) is 5.04. The van der Waals surface area contributed by atoms with Gasteiger partial charge in [0.15, 0.2) is 4.96 Å². The summed E-state index contributed by atoms with van der Waals surface area (Å²) in [6, 6.07) is 5.72. The van der Waals surface area contributed by atoms with Crippen LogP contribution in [0.25, 0.3) is 4.96 Å². The zero-order chi connectivity index (χ0) is 14.3. The number of halogens is 2. The maximum atomic E-state index is 6.03. The number of benzene rings is 1. The van der Waals surface area contributed by atoms with Gasteiger partial charge in [0.05, 0.1) is 23.6 Å². The van der Waals surface area contributed by atoms with Crippen LogP contribution in [0.4, 0.5) is 5.69 Å². The minimum absolute atomic E-state index is 0.712. The van der Waals surface area contributed by atoms with Crippen LogP contribution in [0.2, 0.25) is 5.02 Å². The molecular formula is C14H13BrClN3S. The van der Waals surface area contributed by atoms with Gasteiger partial charge in [-0.05, 0) is 48.0 Å². The lowest BCUT2D eigenvalue weighted by Gasteiger charge is -2.10. The van der Waals surface area contributed by atoms with Crippen LogP contribution in [-0.2, 0) is 6.54 Å². The third-order valence-electron chi connectivity index (χ3n) is 3.20.